The van der Waals surface area contributed by atoms with Crippen LogP contribution in [0.15, 0.2) is 12.2 Å². The average molecular weight is 141 g/mol. The van der Waals surface area contributed by atoms with Crippen molar-refractivity contribution in [2.24, 2.45) is 0 Å². The summed E-state index contributed by atoms with van der Waals surface area (Å²) in [5.74, 6) is 0.00194. The highest BCUT2D eigenvalue weighted by Gasteiger charge is 2.03. The van der Waals surface area contributed by atoms with Crippen molar-refractivity contribution in [3.05, 3.63) is 12.2 Å². The maximum Gasteiger partial charge on any atom is 0.217 e. The normalized spacial score (nSPS) is 12.3. The molecule has 10 heavy (non-hydrogen) atoms. The minimum Gasteiger partial charge on any atom is -0.350 e. The number of hydrogen-bond acceptors (Lipinski definition) is 1. The highest BCUT2D eigenvalue weighted by atomic mass is 16.1. The van der Waals surface area contributed by atoms with E-state index in [2.05, 4.69) is 11.9 Å². The van der Waals surface area contributed by atoms with Crippen LogP contribution in [0.4, 0.5) is 0 Å². The predicted molar refractivity (Wildman–Crippen MR) is 42.7 cm³/mol. The van der Waals surface area contributed by atoms with Crippen molar-refractivity contribution in [1.82, 2.24) is 5.32 Å². The molecule has 0 aliphatic carbocycles. The third-order valence-corrected chi connectivity index (χ3v) is 1.49. The van der Waals surface area contributed by atoms with Gasteiger partial charge in [0, 0.05) is 13.0 Å². The summed E-state index contributed by atoms with van der Waals surface area (Å²) in [5.41, 5.74) is 1.07. The molecule has 0 fully saturated rings. The largest absolute Gasteiger partial charge is 0.350 e. The van der Waals surface area contributed by atoms with E-state index in [1.807, 2.05) is 13.8 Å². The summed E-state index contributed by atoms with van der Waals surface area (Å²) in [6, 6.07) is 0.113. The number of rotatable bonds is 3. The maximum atomic E-state index is 10.5. The maximum absolute atomic E-state index is 10.5. The molecule has 0 aromatic carbocycles. The Morgan fingerprint density at radius 3 is 2.50 bits per heavy atom. The predicted octanol–water partition coefficient (Wildman–Crippen LogP) is 1.48. The Hall–Kier alpha value is -0.790. The molecule has 0 aliphatic rings. The Morgan fingerprint density at radius 2 is 2.20 bits per heavy atom. The average Bonchev–Trinajstić information content (AvgIpc) is 1.85. The molecule has 0 heterocycles. The highest BCUT2D eigenvalue weighted by Crippen LogP contribution is 2.02. The van der Waals surface area contributed by atoms with Gasteiger partial charge in [-0.3, -0.25) is 4.79 Å². The summed E-state index contributed by atoms with van der Waals surface area (Å²) in [7, 11) is 0. The second-order valence-corrected chi connectivity index (χ2v) is 2.43. The molecule has 58 valence electrons. The van der Waals surface area contributed by atoms with Crippen LogP contribution in [0, 0.1) is 0 Å². The van der Waals surface area contributed by atoms with Gasteiger partial charge in [-0.1, -0.05) is 19.1 Å². The second kappa shape index (κ2) is 4.09. The zero-order valence-corrected chi connectivity index (χ0v) is 6.90. The van der Waals surface area contributed by atoms with Gasteiger partial charge in [0.1, 0.15) is 0 Å². The van der Waals surface area contributed by atoms with E-state index in [4.69, 9.17) is 0 Å². The van der Waals surface area contributed by atoms with Gasteiger partial charge in [0.25, 0.3) is 0 Å². The number of carbonyl (C=O) groups excluding carboxylic acids is 1. The van der Waals surface area contributed by atoms with Crippen LogP contribution in [0.25, 0.3) is 0 Å². The van der Waals surface area contributed by atoms with Gasteiger partial charge in [0.15, 0.2) is 0 Å². The molecule has 0 rings (SSSR count). The van der Waals surface area contributed by atoms with Crippen LogP contribution < -0.4 is 5.32 Å². The molecule has 2 nitrogen and oxygen atoms in total. The van der Waals surface area contributed by atoms with Gasteiger partial charge < -0.3 is 5.32 Å². The van der Waals surface area contributed by atoms with Gasteiger partial charge in [0.2, 0.25) is 5.91 Å². The van der Waals surface area contributed by atoms with Crippen LogP contribution in [-0.4, -0.2) is 11.9 Å². The van der Waals surface area contributed by atoms with E-state index in [0.29, 0.717) is 0 Å². The molecule has 2 heteroatoms. The third kappa shape index (κ3) is 3.28. The van der Waals surface area contributed by atoms with E-state index < -0.39 is 0 Å². The highest BCUT2D eigenvalue weighted by molar-refractivity contribution is 5.73. The van der Waals surface area contributed by atoms with Crippen LogP contribution in [0.3, 0.4) is 0 Å². The van der Waals surface area contributed by atoms with E-state index >= 15 is 0 Å². The number of amides is 1. The molecule has 0 bridgehead atoms. The van der Waals surface area contributed by atoms with Gasteiger partial charge in [-0.15, -0.1) is 0 Å². The summed E-state index contributed by atoms with van der Waals surface area (Å²) >= 11 is 0. The number of carbonyl (C=O) groups is 1. The van der Waals surface area contributed by atoms with E-state index in [0.717, 1.165) is 12.0 Å². The zero-order valence-electron chi connectivity index (χ0n) is 6.90. The van der Waals surface area contributed by atoms with Gasteiger partial charge >= 0.3 is 0 Å². The Balaban J connectivity index is 3.72. The van der Waals surface area contributed by atoms with Gasteiger partial charge in [0.05, 0.1) is 0 Å². The molecule has 0 aliphatic heterocycles. The standard InChI is InChI=1S/C8H15NO/c1-5-6(2)7(3)9-8(4)10/h7H,2,5H2,1,3-4H3,(H,9,10)/t7-/m1/s1. The van der Waals surface area contributed by atoms with Gasteiger partial charge in [-0.25, -0.2) is 0 Å². The fourth-order valence-corrected chi connectivity index (χ4v) is 0.713. The monoisotopic (exact) mass is 141 g/mol. The van der Waals surface area contributed by atoms with E-state index in [9.17, 15) is 4.79 Å². The quantitative estimate of drug-likeness (QED) is 0.592. The van der Waals surface area contributed by atoms with Crippen molar-refractivity contribution in [1.29, 1.82) is 0 Å². The molecule has 0 aromatic heterocycles. The van der Waals surface area contributed by atoms with Crippen LogP contribution >= 0.6 is 0 Å². The molecule has 0 saturated carbocycles. The fraction of sp³-hybridized carbons (Fsp3) is 0.625. The lowest BCUT2D eigenvalue weighted by Gasteiger charge is -2.13. The first-order valence-corrected chi connectivity index (χ1v) is 3.52. The van der Waals surface area contributed by atoms with Crippen LogP contribution in [-0.2, 0) is 4.79 Å². The Bertz CT molecular complexity index is 140. The van der Waals surface area contributed by atoms with Crippen molar-refractivity contribution < 1.29 is 4.79 Å². The first-order valence-electron chi connectivity index (χ1n) is 3.52. The third-order valence-electron chi connectivity index (χ3n) is 1.49. The molecular formula is C8H15NO. The molecule has 1 atom stereocenters. The molecule has 0 unspecified atom stereocenters. The van der Waals surface area contributed by atoms with Crippen LogP contribution in [0.2, 0.25) is 0 Å². The second-order valence-electron chi connectivity index (χ2n) is 2.43. The lowest BCUT2D eigenvalue weighted by molar-refractivity contribution is -0.119. The fourth-order valence-electron chi connectivity index (χ4n) is 0.713. The minimum absolute atomic E-state index is 0.00194. The van der Waals surface area contributed by atoms with E-state index in [1.54, 1.807) is 0 Å². The van der Waals surface area contributed by atoms with Crippen molar-refractivity contribution in [3.63, 3.8) is 0 Å². The molecule has 0 aromatic rings. The van der Waals surface area contributed by atoms with Crippen molar-refractivity contribution >= 4 is 5.91 Å². The van der Waals surface area contributed by atoms with Crippen LogP contribution in [0.1, 0.15) is 27.2 Å². The van der Waals surface area contributed by atoms with Gasteiger partial charge in [-0.05, 0) is 13.3 Å². The smallest absolute Gasteiger partial charge is 0.217 e. The molecule has 0 spiro atoms. The minimum atomic E-state index is 0.00194. The summed E-state index contributed by atoms with van der Waals surface area (Å²) in [4.78, 5) is 10.5. The first-order chi connectivity index (χ1) is 4.57. The SMILES string of the molecule is C=C(CC)[C@@H](C)NC(C)=O. The summed E-state index contributed by atoms with van der Waals surface area (Å²) in [6.07, 6.45) is 0.918. The Kier molecular flexibility index (Phi) is 3.77. The topological polar surface area (TPSA) is 29.1 Å². The van der Waals surface area contributed by atoms with Crippen molar-refractivity contribution in [2.45, 2.75) is 33.2 Å². The van der Waals surface area contributed by atoms with E-state index in [1.165, 1.54) is 6.92 Å². The zero-order chi connectivity index (χ0) is 8.15. The molecular weight excluding hydrogens is 126 g/mol. The lowest BCUT2D eigenvalue weighted by atomic mass is 10.1. The molecule has 1 amide bonds. The van der Waals surface area contributed by atoms with Crippen molar-refractivity contribution in [3.8, 4) is 0 Å². The number of nitrogens with one attached hydrogen (secondary N) is 1. The number of hydrogen-bond donors (Lipinski definition) is 1. The lowest BCUT2D eigenvalue weighted by Crippen LogP contribution is -2.31. The summed E-state index contributed by atoms with van der Waals surface area (Å²) < 4.78 is 0. The molecule has 0 radical (unpaired) electrons. The summed E-state index contributed by atoms with van der Waals surface area (Å²) in [6.45, 7) is 9.29. The summed E-state index contributed by atoms with van der Waals surface area (Å²) in [5, 5.41) is 2.75. The van der Waals surface area contributed by atoms with Crippen molar-refractivity contribution in [2.75, 3.05) is 0 Å². The Labute approximate surface area is 62.3 Å². The Morgan fingerprint density at radius 1 is 1.70 bits per heavy atom. The van der Waals surface area contributed by atoms with Crippen LogP contribution in [0.5, 0.6) is 0 Å². The van der Waals surface area contributed by atoms with Gasteiger partial charge in [-0.2, -0.15) is 0 Å². The molecule has 1 N–H and O–H groups in total. The van der Waals surface area contributed by atoms with E-state index in [-0.39, 0.29) is 11.9 Å². The first kappa shape index (κ1) is 9.21. The molecule has 0 saturated heterocycles.